The number of fused-ring (bicyclic) bond motifs is 4. The van der Waals surface area contributed by atoms with E-state index in [1.54, 1.807) is 34.6 Å². The molecule has 4 fully saturated rings. The monoisotopic (exact) mass is 1070 g/mol. The van der Waals surface area contributed by atoms with Gasteiger partial charge in [-0.1, -0.05) is 103 Å². The van der Waals surface area contributed by atoms with Crippen molar-refractivity contribution in [2.24, 2.45) is 0 Å². The maximum Gasteiger partial charge on any atom is 0.318 e. The Bertz CT molecular complexity index is 3240. The highest BCUT2D eigenvalue weighted by molar-refractivity contribution is 9.10. The highest BCUT2D eigenvalue weighted by Gasteiger charge is 2.42. The summed E-state index contributed by atoms with van der Waals surface area (Å²) in [6.07, 6.45) is 6.38. The number of amides is 3. The van der Waals surface area contributed by atoms with Gasteiger partial charge in [-0.25, -0.2) is 9.18 Å². The third-order valence-corrected chi connectivity index (χ3v) is 16.4. The van der Waals surface area contributed by atoms with Crippen molar-refractivity contribution < 1.29 is 14.0 Å². The topological polar surface area (TPSA) is 146 Å². The zero-order chi connectivity index (χ0) is 52.0. The summed E-state index contributed by atoms with van der Waals surface area (Å²) in [5.41, 5.74) is 5.10. The molecule has 3 amide bonds. The van der Waals surface area contributed by atoms with Crippen molar-refractivity contribution >= 4 is 61.1 Å². The zero-order valence-corrected chi connectivity index (χ0v) is 44.1. The smallest absolute Gasteiger partial charge is 0.318 e. The van der Waals surface area contributed by atoms with Crippen LogP contribution in [0.5, 0.6) is 0 Å². The van der Waals surface area contributed by atoms with Gasteiger partial charge in [-0.3, -0.25) is 39.3 Å². The lowest BCUT2D eigenvalue weighted by atomic mass is 9.96. The maximum atomic E-state index is 13.5. The first-order chi connectivity index (χ1) is 36.5. The number of nitrogens with zero attached hydrogens (tertiary/aromatic N) is 6. The van der Waals surface area contributed by atoms with E-state index in [9.17, 15) is 18.8 Å². The number of nitrogens with one attached hydrogen (secondary N) is 4. The summed E-state index contributed by atoms with van der Waals surface area (Å²) in [5, 5.41) is 25.6. The number of aromatic nitrogens is 2. The number of carbonyl (C=O) groups is 2. The second-order valence-electron chi connectivity index (χ2n) is 20.5. The Kier molecular flexibility index (Phi) is 16.1. The minimum absolute atomic E-state index is 0.0644. The van der Waals surface area contributed by atoms with Gasteiger partial charge in [-0.2, -0.15) is 0 Å². The fraction of sp³-hybridized carbons (Fsp3) is 0.350. The lowest BCUT2D eigenvalue weighted by molar-refractivity contribution is -0.119. The van der Waals surface area contributed by atoms with Crippen molar-refractivity contribution in [2.45, 2.75) is 95.2 Å². The van der Waals surface area contributed by atoms with Crippen LogP contribution in [0.15, 0.2) is 155 Å². The SMILES string of the molecule is CC(=N)n1c(=N)n(CCCN2CCN(C(c3ccccc3)c3ccccc3)CC2)c(=O)c2ccccc21.O=C(Nc1ccccc1Br)[C@@H]1CCCN1C(=O)NC1CC2CCC(C1)N2Cc1ccc2cc(F)ccc2c1. The highest BCUT2D eigenvalue weighted by Crippen LogP contribution is 2.38. The zero-order valence-electron chi connectivity index (χ0n) is 42.5. The molecule has 388 valence electrons. The van der Waals surface area contributed by atoms with Gasteiger partial charge in [-0.15, -0.1) is 0 Å². The first-order valence-corrected chi connectivity index (χ1v) is 27.3. The molecule has 15 heteroatoms. The number of rotatable bonds is 12. The molecule has 0 radical (unpaired) electrons. The Balaban J connectivity index is 0.000000171. The van der Waals surface area contributed by atoms with Gasteiger partial charge in [0.1, 0.15) is 17.7 Å². The molecule has 7 aromatic rings. The molecular weight excluding hydrogens is 1010 g/mol. The quantitative estimate of drug-likeness (QED) is 0.0709. The molecule has 75 heavy (non-hydrogen) atoms. The van der Waals surface area contributed by atoms with E-state index in [4.69, 9.17) is 10.8 Å². The molecule has 2 bridgehead atoms. The lowest BCUT2D eigenvalue weighted by Gasteiger charge is -2.40. The summed E-state index contributed by atoms with van der Waals surface area (Å²) >= 11 is 3.47. The molecule has 2 unspecified atom stereocenters. The number of hydrogen-bond donors (Lipinski definition) is 4. The molecule has 1 aromatic heterocycles. The second kappa shape index (κ2) is 23.4. The van der Waals surface area contributed by atoms with Crippen LogP contribution in [-0.4, -0.2) is 110 Å². The lowest BCUT2D eigenvalue weighted by Crippen LogP contribution is -2.54. The molecule has 4 saturated heterocycles. The molecule has 5 heterocycles. The fourth-order valence-corrected chi connectivity index (χ4v) is 12.4. The molecule has 6 aromatic carbocycles. The molecule has 4 aliphatic heterocycles. The fourth-order valence-electron chi connectivity index (χ4n) is 12.0. The van der Waals surface area contributed by atoms with Crippen molar-refractivity contribution in [1.82, 2.24) is 34.1 Å². The van der Waals surface area contributed by atoms with Crippen molar-refractivity contribution in [3.8, 4) is 0 Å². The first-order valence-electron chi connectivity index (χ1n) is 26.5. The molecular formula is C60H66BrFN10O3. The molecule has 4 aliphatic rings. The third-order valence-electron chi connectivity index (χ3n) is 15.7. The molecule has 11 rings (SSSR count). The number of carbonyl (C=O) groups excluding carboxylic acids is 2. The molecule has 13 nitrogen and oxygen atoms in total. The number of piperazine rings is 1. The minimum atomic E-state index is -0.458. The Morgan fingerprint density at radius 1 is 0.747 bits per heavy atom. The standard InChI is InChI=1S/C30H32BrFN4O2.C30H34N6O/c31-26-4-1-2-5-27(26)34-29(37)28-6-3-13-35(28)30(38)33-23-16-24-11-12-25(17-23)36(24)18-19-7-8-21-15-22(32)10-9-20(21)14-19;1-23(31)36-27-16-9-8-15-26(27)29(37)35(30(36)32)18-10-17-33-19-21-34(22-20-33)28(24-11-4-2-5-12-24)25-13-6-3-7-14-25/h1-2,4-5,7-10,14-15,23-25,28H,3,6,11-13,16-18H2,(H,33,38)(H,34,37);2-9,11-16,28,31-32H,10,17-22H2,1H3/t23?,24?,25?,28-;/m0./s1. The highest BCUT2D eigenvalue weighted by atomic mass is 79.9. The number of benzene rings is 6. The van der Waals surface area contributed by atoms with Gasteiger partial charge in [0.15, 0.2) is 0 Å². The number of piperidine rings is 1. The van der Waals surface area contributed by atoms with E-state index in [0.717, 1.165) is 93.0 Å². The average molecular weight is 1070 g/mol. The number of halogens is 2. The van der Waals surface area contributed by atoms with Crippen LogP contribution in [0.25, 0.3) is 21.7 Å². The van der Waals surface area contributed by atoms with Crippen LogP contribution in [0.2, 0.25) is 0 Å². The summed E-state index contributed by atoms with van der Waals surface area (Å²) < 4.78 is 17.4. The van der Waals surface area contributed by atoms with Crippen molar-refractivity contribution in [1.29, 1.82) is 10.8 Å². The Labute approximate surface area is 446 Å². The number of hydrogen-bond acceptors (Lipinski definition) is 8. The average Bonchev–Trinajstić information content (AvgIpc) is 4.01. The second-order valence-corrected chi connectivity index (χ2v) is 21.3. The summed E-state index contributed by atoms with van der Waals surface area (Å²) in [4.78, 5) is 48.7. The van der Waals surface area contributed by atoms with Gasteiger partial charge < -0.3 is 20.4 Å². The Morgan fingerprint density at radius 3 is 2.08 bits per heavy atom. The number of likely N-dealkylation sites (tertiary alicyclic amines) is 1. The molecule has 3 atom stereocenters. The van der Waals surface area contributed by atoms with Crippen LogP contribution in [-0.2, 0) is 17.9 Å². The number of para-hydroxylation sites is 2. The molecule has 0 aliphatic carbocycles. The van der Waals surface area contributed by atoms with Gasteiger partial charge in [0, 0.05) is 68.4 Å². The first kappa shape index (κ1) is 51.7. The van der Waals surface area contributed by atoms with Crippen molar-refractivity contribution in [2.75, 3.05) is 44.6 Å². The number of urea groups is 1. The van der Waals surface area contributed by atoms with E-state index < -0.39 is 6.04 Å². The predicted molar refractivity (Wildman–Crippen MR) is 299 cm³/mol. The van der Waals surface area contributed by atoms with Crippen LogP contribution in [0.3, 0.4) is 0 Å². The van der Waals surface area contributed by atoms with E-state index in [1.807, 2.05) is 48.5 Å². The van der Waals surface area contributed by atoms with E-state index in [2.05, 4.69) is 114 Å². The Hall–Kier alpha value is -6.78. The van der Waals surface area contributed by atoms with Gasteiger partial charge in [-0.05, 0) is 144 Å². The van der Waals surface area contributed by atoms with Gasteiger partial charge in [0.05, 0.1) is 22.6 Å². The van der Waals surface area contributed by atoms with Crippen LogP contribution in [0, 0.1) is 16.6 Å². The van der Waals surface area contributed by atoms with Crippen molar-refractivity contribution in [3.05, 3.63) is 189 Å². The summed E-state index contributed by atoms with van der Waals surface area (Å²) in [6, 6.07) is 48.0. The molecule has 0 spiro atoms. The van der Waals surface area contributed by atoms with Crippen LogP contribution < -0.4 is 21.8 Å². The summed E-state index contributed by atoms with van der Waals surface area (Å²) in [6.45, 7) is 8.33. The van der Waals surface area contributed by atoms with E-state index in [0.29, 0.717) is 48.2 Å². The minimum Gasteiger partial charge on any atom is -0.335 e. The van der Waals surface area contributed by atoms with E-state index >= 15 is 0 Å². The van der Waals surface area contributed by atoms with Crippen molar-refractivity contribution in [3.63, 3.8) is 0 Å². The maximum absolute atomic E-state index is 13.5. The predicted octanol–water partition coefficient (Wildman–Crippen LogP) is 9.97. The number of anilines is 1. The van der Waals surface area contributed by atoms with Gasteiger partial charge in [0.25, 0.3) is 5.56 Å². The summed E-state index contributed by atoms with van der Waals surface area (Å²) in [7, 11) is 0. The van der Waals surface area contributed by atoms with E-state index in [-0.39, 0.29) is 46.9 Å². The van der Waals surface area contributed by atoms with Crippen LogP contribution >= 0.6 is 15.9 Å². The normalized spacial score (nSPS) is 20.0. The van der Waals surface area contributed by atoms with Gasteiger partial charge >= 0.3 is 6.03 Å². The largest absolute Gasteiger partial charge is 0.335 e. The van der Waals surface area contributed by atoms with Gasteiger partial charge in [0.2, 0.25) is 11.5 Å². The Morgan fingerprint density at radius 2 is 1.39 bits per heavy atom. The summed E-state index contributed by atoms with van der Waals surface area (Å²) in [5.74, 6) is -0.118. The molecule has 0 saturated carbocycles. The van der Waals surface area contributed by atoms with Crippen LogP contribution in [0.4, 0.5) is 14.9 Å². The van der Waals surface area contributed by atoms with Crippen LogP contribution in [0.1, 0.15) is 74.6 Å². The van der Waals surface area contributed by atoms with E-state index in [1.165, 1.54) is 27.3 Å². The third kappa shape index (κ3) is 11.7. The molecule has 4 N–H and O–H groups in total.